The standard InChI is InChI=1S/C15H32N4/c1-17-8-4-14(5-9-17)6-10-18(2)12-15-13-19(3)11-7-16-15/h14-16H,4-13H2,1-3H3. The molecule has 0 aromatic carbocycles. The van der Waals surface area contributed by atoms with Gasteiger partial charge in [-0.25, -0.2) is 0 Å². The summed E-state index contributed by atoms with van der Waals surface area (Å²) in [5.74, 6) is 0.959. The molecule has 2 heterocycles. The number of hydrogen-bond acceptors (Lipinski definition) is 4. The van der Waals surface area contributed by atoms with Crippen LogP contribution in [0.4, 0.5) is 0 Å². The highest BCUT2D eigenvalue weighted by molar-refractivity contribution is 4.79. The van der Waals surface area contributed by atoms with Crippen LogP contribution in [0.2, 0.25) is 0 Å². The lowest BCUT2D eigenvalue weighted by molar-refractivity contribution is 0.172. The first-order valence-corrected chi connectivity index (χ1v) is 7.92. The lowest BCUT2D eigenvalue weighted by atomic mass is 9.93. The van der Waals surface area contributed by atoms with Gasteiger partial charge in [0.2, 0.25) is 0 Å². The minimum absolute atomic E-state index is 0.654. The second-order valence-electron chi connectivity index (χ2n) is 6.71. The van der Waals surface area contributed by atoms with Crippen LogP contribution in [0.15, 0.2) is 0 Å². The Balaban J connectivity index is 1.60. The van der Waals surface area contributed by atoms with Crippen molar-refractivity contribution in [1.29, 1.82) is 0 Å². The molecule has 0 saturated carbocycles. The van der Waals surface area contributed by atoms with E-state index in [-0.39, 0.29) is 0 Å². The van der Waals surface area contributed by atoms with Crippen molar-refractivity contribution < 1.29 is 0 Å². The number of likely N-dealkylation sites (N-methyl/N-ethyl adjacent to an activating group) is 2. The molecule has 4 nitrogen and oxygen atoms in total. The zero-order valence-corrected chi connectivity index (χ0v) is 13.1. The van der Waals surface area contributed by atoms with Crippen molar-refractivity contribution >= 4 is 0 Å². The van der Waals surface area contributed by atoms with Crippen LogP contribution in [-0.2, 0) is 0 Å². The van der Waals surface area contributed by atoms with Gasteiger partial charge in [-0.05, 0) is 66.0 Å². The monoisotopic (exact) mass is 268 g/mol. The van der Waals surface area contributed by atoms with Crippen molar-refractivity contribution in [2.45, 2.75) is 25.3 Å². The first-order valence-electron chi connectivity index (χ1n) is 7.92. The maximum Gasteiger partial charge on any atom is 0.0322 e. The number of nitrogens with zero attached hydrogens (tertiary/aromatic N) is 3. The molecule has 19 heavy (non-hydrogen) atoms. The van der Waals surface area contributed by atoms with E-state index in [1.807, 2.05) is 0 Å². The summed E-state index contributed by atoms with van der Waals surface area (Å²) in [6, 6.07) is 0.654. The Kier molecular flexibility index (Phi) is 6.07. The Hall–Kier alpha value is -0.160. The Morgan fingerprint density at radius 1 is 1.11 bits per heavy atom. The lowest BCUT2D eigenvalue weighted by Gasteiger charge is -2.34. The van der Waals surface area contributed by atoms with E-state index in [9.17, 15) is 0 Å². The molecule has 0 radical (unpaired) electrons. The van der Waals surface area contributed by atoms with Gasteiger partial charge in [-0.15, -0.1) is 0 Å². The number of nitrogens with one attached hydrogen (secondary N) is 1. The van der Waals surface area contributed by atoms with Crippen LogP contribution in [0, 0.1) is 5.92 Å². The molecule has 0 bridgehead atoms. The van der Waals surface area contributed by atoms with Crippen molar-refractivity contribution in [2.24, 2.45) is 5.92 Å². The van der Waals surface area contributed by atoms with Crippen molar-refractivity contribution in [3.8, 4) is 0 Å². The highest BCUT2D eigenvalue weighted by Gasteiger charge is 2.20. The van der Waals surface area contributed by atoms with E-state index in [1.165, 1.54) is 58.5 Å². The van der Waals surface area contributed by atoms with Gasteiger partial charge in [-0.2, -0.15) is 0 Å². The smallest absolute Gasteiger partial charge is 0.0322 e. The molecule has 4 heteroatoms. The molecule has 1 unspecified atom stereocenters. The Morgan fingerprint density at radius 3 is 2.53 bits per heavy atom. The average Bonchev–Trinajstić information content (AvgIpc) is 2.38. The van der Waals surface area contributed by atoms with Gasteiger partial charge < -0.3 is 20.0 Å². The lowest BCUT2D eigenvalue weighted by Crippen LogP contribution is -2.53. The van der Waals surface area contributed by atoms with Crippen molar-refractivity contribution in [3.05, 3.63) is 0 Å². The van der Waals surface area contributed by atoms with Crippen LogP contribution in [0.1, 0.15) is 19.3 Å². The van der Waals surface area contributed by atoms with E-state index < -0.39 is 0 Å². The van der Waals surface area contributed by atoms with Gasteiger partial charge in [0.25, 0.3) is 0 Å². The number of rotatable bonds is 5. The maximum absolute atomic E-state index is 3.63. The van der Waals surface area contributed by atoms with Gasteiger partial charge in [0.05, 0.1) is 0 Å². The summed E-state index contributed by atoms with van der Waals surface area (Å²) in [6.07, 6.45) is 4.18. The van der Waals surface area contributed by atoms with Crippen LogP contribution >= 0.6 is 0 Å². The molecule has 0 aromatic rings. The van der Waals surface area contributed by atoms with Gasteiger partial charge in [0.1, 0.15) is 0 Å². The molecule has 0 spiro atoms. The number of likely N-dealkylation sites (tertiary alicyclic amines) is 1. The molecule has 2 aliphatic heterocycles. The minimum atomic E-state index is 0.654. The van der Waals surface area contributed by atoms with Crippen LogP contribution in [0.25, 0.3) is 0 Å². The number of hydrogen-bond donors (Lipinski definition) is 1. The first-order chi connectivity index (χ1) is 9.13. The summed E-state index contributed by atoms with van der Waals surface area (Å²) in [4.78, 5) is 7.42. The fourth-order valence-corrected chi connectivity index (χ4v) is 3.34. The van der Waals surface area contributed by atoms with Gasteiger partial charge in [0.15, 0.2) is 0 Å². The van der Waals surface area contributed by atoms with Crippen molar-refractivity contribution in [3.63, 3.8) is 0 Å². The predicted octanol–water partition coefficient (Wildman–Crippen LogP) is 0.554. The molecular formula is C15H32N4. The molecule has 1 atom stereocenters. The van der Waals surface area contributed by atoms with Crippen LogP contribution in [-0.4, -0.2) is 87.7 Å². The van der Waals surface area contributed by atoms with E-state index in [1.54, 1.807) is 0 Å². The molecule has 0 amide bonds. The molecule has 2 saturated heterocycles. The average molecular weight is 268 g/mol. The molecule has 0 aromatic heterocycles. The van der Waals surface area contributed by atoms with Crippen molar-refractivity contribution in [2.75, 3.05) is 67.0 Å². The number of piperazine rings is 1. The highest BCUT2D eigenvalue weighted by atomic mass is 15.2. The van der Waals surface area contributed by atoms with Crippen molar-refractivity contribution in [1.82, 2.24) is 20.0 Å². The fourth-order valence-electron chi connectivity index (χ4n) is 3.34. The third-order valence-corrected chi connectivity index (χ3v) is 4.75. The first kappa shape index (κ1) is 15.2. The fraction of sp³-hybridized carbons (Fsp3) is 1.00. The Labute approximate surface area is 119 Å². The highest BCUT2D eigenvalue weighted by Crippen LogP contribution is 2.19. The third-order valence-electron chi connectivity index (χ3n) is 4.75. The largest absolute Gasteiger partial charge is 0.310 e. The van der Waals surface area contributed by atoms with E-state index in [0.29, 0.717) is 6.04 Å². The van der Waals surface area contributed by atoms with E-state index in [2.05, 4.69) is 41.2 Å². The summed E-state index contributed by atoms with van der Waals surface area (Å²) in [7, 11) is 6.76. The second-order valence-corrected chi connectivity index (χ2v) is 6.71. The van der Waals surface area contributed by atoms with E-state index >= 15 is 0 Å². The zero-order chi connectivity index (χ0) is 13.7. The normalized spacial score (nSPS) is 28.1. The summed E-state index contributed by atoms with van der Waals surface area (Å²) < 4.78 is 0. The number of piperidine rings is 1. The Morgan fingerprint density at radius 2 is 1.84 bits per heavy atom. The zero-order valence-electron chi connectivity index (χ0n) is 13.1. The molecule has 2 aliphatic rings. The molecule has 112 valence electrons. The van der Waals surface area contributed by atoms with E-state index in [0.717, 1.165) is 12.5 Å². The van der Waals surface area contributed by atoms with Crippen LogP contribution < -0.4 is 5.32 Å². The molecule has 0 aliphatic carbocycles. The maximum atomic E-state index is 3.63. The second kappa shape index (κ2) is 7.58. The molecule has 2 fully saturated rings. The quantitative estimate of drug-likeness (QED) is 0.786. The van der Waals surface area contributed by atoms with E-state index in [4.69, 9.17) is 0 Å². The molecular weight excluding hydrogens is 236 g/mol. The SMILES string of the molecule is CN1CCC(CCN(C)CC2CN(C)CCN2)CC1. The van der Waals surface area contributed by atoms with Crippen LogP contribution in [0.3, 0.4) is 0 Å². The van der Waals surface area contributed by atoms with Gasteiger partial charge in [-0.1, -0.05) is 0 Å². The summed E-state index contributed by atoms with van der Waals surface area (Å²) >= 11 is 0. The topological polar surface area (TPSA) is 21.8 Å². The van der Waals surface area contributed by atoms with Gasteiger partial charge >= 0.3 is 0 Å². The minimum Gasteiger partial charge on any atom is -0.310 e. The van der Waals surface area contributed by atoms with Gasteiger partial charge in [0, 0.05) is 32.2 Å². The third kappa shape index (κ3) is 5.38. The Bertz CT molecular complexity index is 251. The summed E-state index contributed by atoms with van der Waals surface area (Å²) in [6.45, 7) is 8.57. The molecule has 2 rings (SSSR count). The summed E-state index contributed by atoms with van der Waals surface area (Å²) in [5, 5.41) is 3.63. The predicted molar refractivity (Wildman–Crippen MR) is 81.6 cm³/mol. The van der Waals surface area contributed by atoms with Crippen LogP contribution in [0.5, 0.6) is 0 Å². The van der Waals surface area contributed by atoms with Gasteiger partial charge in [-0.3, -0.25) is 0 Å². The summed E-state index contributed by atoms with van der Waals surface area (Å²) in [5.41, 5.74) is 0. The molecule has 1 N–H and O–H groups in total.